The third kappa shape index (κ3) is 3.72. The van der Waals surface area contributed by atoms with Crippen molar-refractivity contribution in [3.05, 3.63) is 0 Å². The molecule has 0 spiro atoms. The molecule has 0 bridgehead atoms. The van der Waals surface area contributed by atoms with Crippen LogP contribution in [0.15, 0.2) is 4.99 Å². The van der Waals surface area contributed by atoms with Gasteiger partial charge in [0.05, 0.1) is 6.54 Å². The van der Waals surface area contributed by atoms with Gasteiger partial charge in [0, 0.05) is 17.5 Å². The van der Waals surface area contributed by atoms with Gasteiger partial charge in [0.25, 0.3) is 0 Å². The molecule has 12 heavy (non-hydrogen) atoms. The highest BCUT2D eigenvalue weighted by molar-refractivity contribution is 8.14. The van der Waals surface area contributed by atoms with Crippen LogP contribution in [0.25, 0.3) is 0 Å². The molecule has 1 heterocycles. The molecule has 0 amide bonds. The van der Waals surface area contributed by atoms with Crippen molar-refractivity contribution in [1.82, 2.24) is 5.32 Å². The first-order valence-electron chi connectivity index (χ1n) is 4.27. The molecule has 1 rings (SSSR count). The van der Waals surface area contributed by atoms with Gasteiger partial charge in [-0.15, -0.1) is 0 Å². The summed E-state index contributed by atoms with van der Waals surface area (Å²) in [5.74, 6) is 1.15. The van der Waals surface area contributed by atoms with Crippen LogP contribution in [0.2, 0.25) is 0 Å². The van der Waals surface area contributed by atoms with Crippen molar-refractivity contribution < 1.29 is 0 Å². The van der Waals surface area contributed by atoms with Gasteiger partial charge in [0.2, 0.25) is 0 Å². The Kier molecular flexibility index (Phi) is 4.92. The predicted octanol–water partition coefficient (Wildman–Crippen LogP) is 1.82. The van der Waals surface area contributed by atoms with E-state index in [1.807, 2.05) is 23.5 Å². The Hall–Kier alpha value is 0.170. The minimum atomic E-state index is 0.754. The molecule has 0 fully saturated rings. The van der Waals surface area contributed by atoms with Crippen LogP contribution in [0, 0.1) is 0 Å². The molecule has 1 aliphatic heterocycles. The average Bonchev–Trinajstić information content (AvgIpc) is 2.57. The standard InChI is InChI=1S/C8H16N2S2/c1-7(11-2)3-4-9-8-10-5-6-12-8/h7H,3-6H2,1-2H3,(H,9,10). The summed E-state index contributed by atoms with van der Waals surface area (Å²) in [6, 6.07) is 0. The lowest BCUT2D eigenvalue weighted by atomic mass is 10.3. The molecule has 4 heteroatoms. The first kappa shape index (κ1) is 10.3. The molecule has 0 radical (unpaired) electrons. The van der Waals surface area contributed by atoms with Crippen LogP contribution < -0.4 is 5.32 Å². The molecular weight excluding hydrogens is 188 g/mol. The second kappa shape index (κ2) is 5.75. The summed E-state index contributed by atoms with van der Waals surface area (Å²) in [5, 5.41) is 5.24. The van der Waals surface area contributed by atoms with Gasteiger partial charge < -0.3 is 5.32 Å². The molecule has 0 saturated heterocycles. The van der Waals surface area contributed by atoms with Crippen LogP contribution in [0.3, 0.4) is 0 Å². The quantitative estimate of drug-likeness (QED) is 0.756. The van der Waals surface area contributed by atoms with E-state index in [2.05, 4.69) is 23.5 Å². The van der Waals surface area contributed by atoms with Gasteiger partial charge in [0.1, 0.15) is 0 Å². The molecule has 1 N–H and O–H groups in total. The van der Waals surface area contributed by atoms with Crippen molar-refractivity contribution in [1.29, 1.82) is 0 Å². The molecule has 2 nitrogen and oxygen atoms in total. The van der Waals surface area contributed by atoms with Crippen molar-refractivity contribution in [3.63, 3.8) is 0 Å². The van der Waals surface area contributed by atoms with Crippen LogP contribution in [-0.4, -0.2) is 35.5 Å². The molecule has 1 atom stereocenters. The fourth-order valence-corrected chi connectivity index (χ4v) is 2.06. The van der Waals surface area contributed by atoms with Crippen molar-refractivity contribution in [2.75, 3.05) is 25.1 Å². The van der Waals surface area contributed by atoms with Crippen molar-refractivity contribution in [2.24, 2.45) is 4.99 Å². The maximum Gasteiger partial charge on any atom is 0.156 e. The van der Waals surface area contributed by atoms with Gasteiger partial charge in [-0.1, -0.05) is 18.7 Å². The highest BCUT2D eigenvalue weighted by atomic mass is 32.2. The van der Waals surface area contributed by atoms with E-state index in [1.54, 1.807) is 0 Å². The lowest BCUT2D eigenvalue weighted by Crippen LogP contribution is -2.22. The topological polar surface area (TPSA) is 24.4 Å². The third-order valence-corrected chi connectivity index (χ3v) is 3.79. The Morgan fingerprint density at radius 3 is 3.17 bits per heavy atom. The molecule has 1 unspecified atom stereocenters. The van der Waals surface area contributed by atoms with Crippen molar-refractivity contribution in [2.45, 2.75) is 18.6 Å². The zero-order valence-corrected chi connectivity index (χ0v) is 9.30. The number of thioether (sulfide) groups is 2. The molecule has 70 valence electrons. The Morgan fingerprint density at radius 2 is 2.58 bits per heavy atom. The number of hydrogen-bond donors (Lipinski definition) is 1. The summed E-state index contributed by atoms with van der Waals surface area (Å²) in [7, 11) is 0. The molecule has 0 aromatic heterocycles. The van der Waals surface area contributed by atoms with E-state index in [0.29, 0.717) is 0 Å². The minimum Gasteiger partial charge on any atom is -0.365 e. The third-order valence-electron chi connectivity index (χ3n) is 1.81. The molecular formula is C8H16N2S2. The van der Waals surface area contributed by atoms with Gasteiger partial charge in [-0.25, -0.2) is 0 Å². The van der Waals surface area contributed by atoms with E-state index >= 15 is 0 Å². The van der Waals surface area contributed by atoms with E-state index in [0.717, 1.165) is 29.3 Å². The van der Waals surface area contributed by atoms with Crippen LogP contribution in [0.1, 0.15) is 13.3 Å². The smallest absolute Gasteiger partial charge is 0.156 e. The first-order chi connectivity index (χ1) is 5.83. The molecule has 0 aromatic carbocycles. The second-order valence-corrected chi connectivity index (χ2v) is 5.16. The fourth-order valence-electron chi connectivity index (χ4n) is 0.942. The number of nitrogens with zero attached hydrogens (tertiary/aromatic N) is 1. The van der Waals surface area contributed by atoms with E-state index < -0.39 is 0 Å². The molecule has 1 aliphatic rings. The van der Waals surface area contributed by atoms with Crippen LogP contribution >= 0.6 is 23.5 Å². The van der Waals surface area contributed by atoms with Crippen molar-refractivity contribution >= 4 is 28.7 Å². The average molecular weight is 204 g/mol. The zero-order chi connectivity index (χ0) is 8.81. The molecule has 0 aliphatic carbocycles. The number of hydrogen-bond acceptors (Lipinski definition) is 4. The highest BCUT2D eigenvalue weighted by Gasteiger charge is 2.06. The Morgan fingerprint density at radius 1 is 1.75 bits per heavy atom. The lowest BCUT2D eigenvalue weighted by Gasteiger charge is -2.08. The normalized spacial score (nSPS) is 19.0. The molecule has 0 aromatic rings. The van der Waals surface area contributed by atoms with E-state index in [9.17, 15) is 0 Å². The van der Waals surface area contributed by atoms with Gasteiger partial charge in [-0.3, -0.25) is 4.99 Å². The van der Waals surface area contributed by atoms with Crippen LogP contribution in [0.5, 0.6) is 0 Å². The highest BCUT2D eigenvalue weighted by Crippen LogP contribution is 2.11. The van der Waals surface area contributed by atoms with Crippen molar-refractivity contribution in [3.8, 4) is 0 Å². The van der Waals surface area contributed by atoms with Gasteiger partial charge in [-0.05, 0) is 12.7 Å². The van der Waals surface area contributed by atoms with Gasteiger partial charge in [-0.2, -0.15) is 11.8 Å². The second-order valence-electron chi connectivity index (χ2n) is 2.80. The van der Waals surface area contributed by atoms with Gasteiger partial charge >= 0.3 is 0 Å². The zero-order valence-electron chi connectivity index (χ0n) is 7.67. The summed E-state index contributed by atoms with van der Waals surface area (Å²) in [6.45, 7) is 4.31. The number of aliphatic imine (C=N–C) groups is 1. The Bertz CT molecular complexity index is 159. The maximum absolute atomic E-state index is 4.32. The monoisotopic (exact) mass is 204 g/mol. The maximum atomic E-state index is 4.32. The summed E-state index contributed by atoms with van der Waals surface area (Å²) in [5.41, 5.74) is 0. The largest absolute Gasteiger partial charge is 0.365 e. The summed E-state index contributed by atoms with van der Waals surface area (Å²) in [6.07, 6.45) is 3.38. The van der Waals surface area contributed by atoms with E-state index in [-0.39, 0.29) is 0 Å². The summed E-state index contributed by atoms with van der Waals surface area (Å²) >= 11 is 3.75. The fraction of sp³-hybridized carbons (Fsp3) is 0.875. The van der Waals surface area contributed by atoms with Crippen LogP contribution in [0.4, 0.5) is 0 Å². The van der Waals surface area contributed by atoms with Gasteiger partial charge in [0.15, 0.2) is 5.17 Å². The minimum absolute atomic E-state index is 0.754. The van der Waals surface area contributed by atoms with Crippen LogP contribution in [-0.2, 0) is 0 Å². The summed E-state index contributed by atoms with van der Waals surface area (Å²) in [4.78, 5) is 4.32. The molecule has 0 saturated carbocycles. The SMILES string of the molecule is CSC(C)CCNC1=NCCS1. The Balaban J connectivity index is 2.01. The predicted molar refractivity (Wildman–Crippen MR) is 60.4 cm³/mol. The van der Waals surface area contributed by atoms with E-state index in [4.69, 9.17) is 0 Å². The van der Waals surface area contributed by atoms with E-state index in [1.165, 1.54) is 6.42 Å². The number of amidine groups is 1. The summed E-state index contributed by atoms with van der Waals surface area (Å²) < 4.78 is 0. The lowest BCUT2D eigenvalue weighted by molar-refractivity contribution is 0.772. The first-order valence-corrected chi connectivity index (χ1v) is 6.54. The Labute approximate surface area is 83.0 Å². The number of nitrogens with one attached hydrogen (secondary N) is 1. The number of rotatable bonds is 4.